The first-order chi connectivity index (χ1) is 12.6. The van der Waals surface area contributed by atoms with Crippen LogP contribution in [0.15, 0.2) is 28.8 Å². The summed E-state index contributed by atoms with van der Waals surface area (Å²) in [6.45, 7) is 3.45. The molecule has 8 heteroatoms. The van der Waals surface area contributed by atoms with Gasteiger partial charge in [-0.3, -0.25) is 4.79 Å². The van der Waals surface area contributed by atoms with Gasteiger partial charge >= 0.3 is 0 Å². The van der Waals surface area contributed by atoms with Crippen LogP contribution in [0.4, 0.5) is 0 Å². The Balaban J connectivity index is 1.54. The van der Waals surface area contributed by atoms with Gasteiger partial charge < -0.3 is 18.9 Å². The summed E-state index contributed by atoms with van der Waals surface area (Å²) < 4.78 is 16.1. The third-order valence-electron chi connectivity index (χ3n) is 4.41. The number of carbonyl (C=O) groups excluding carboxylic acids is 1. The zero-order chi connectivity index (χ0) is 18.5. The molecular formula is C18H22ClN3O4. The Morgan fingerprint density at radius 2 is 2.19 bits per heavy atom. The number of nitrogens with zero attached hydrogens (tertiary/aromatic N) is 3. The summed E-state index contributed by atoms with van der Waals surface area (Å²) in [5.41, 5.74) is 1.02. The Hall–Kier alpha value is -1.96. The van der Waals surface area contributed by atoms with Crippen LogP contribution in [0.5, 0.6) is 0 Å². The molecule has 0 spiro atoms. The minimum atomic E-state index is -0.234. The van der Waals surface area contributed by atoms with Crippen LogP contribution in [0, 0.1) is 0 Å². The summed E-state index contributed by atoms with van der Waals surface area (Å²) in [6.07, 6.45) is 0.354. The maximum atomic E-state index is 12.5. The van der Waals surface area contributed by atoms with Crippen molar-refractivity contribution in [2.45, 2.75) is 32.0 Å². The monoisotopic (exact) mass is 379 g/mol. The lowest BCUT2D eigenvalue weighted by Gasteiger charge is -2.33. The molecule has 2 atom stereocenters. The van der Waals surface area contributed by atoms with Gasteiger partial charge in [0, 0.05) is 31.5 Å². The smallest absolute Gasteiger partial charge is 0.227 e. The van der Waals surface area contributed by atoms with Crippen LogP contribution in [0.1, 0.15) is 42.8 Å². The van der Waals surface area contributed by atoms with Crippen molar-refractivity contribution in [1.82, 2.24) is 15.0 Å². The van der Waals surface area contributed by atoms with Crippen molar-refractivity contribution < 1.29 is 18.8 Å². The van der Waals surface area contributed by atoms with Crippen LogP contribution in [0.3, 0.4) is 0 Å². The van der Waals surface area contributed by atoms with E-state index in [2.05, 4.69) is 10.1 Å². The number of hydrogen-bond acceptors (Lipinski definition) is 6. The molecular weight excluding hydrogens is 358 g/mol. The van der Waals surface area contributed by atoms with E-state index in [0.717, 1.165) is 5.56 Å². The summed E-state index contributed by atoms with van der Waals surface area (Å²) in [4.78, 5) is 18.6. The van der Waals surface area contributed by atoms with E-state index in [4.69, 9.17) is 25.6 Å². The van der Waals surface area contributed by atoms with Gasteiger partial charge in [-0.15, -0.1) is 0 Å². The molecule has 3 rings (SSSR count). The summed E-state index contributed by atoms with van der Waals surface area (Å²) in [5, 5.41) is 4.55. The Labute approximate surface area is 157 Å². The fourth-order valence-corrected chi connectivity index (χ4v) is 2.89. The maximum Gasteiger partial charge on any atom is 0.227 e. The highest BCUT2D eigenvalue weighted by Crippen LogP contribution is 2.24. The first-order valence-electron chi connectivity index (χ1n) is 8.57. The van der Waals surface area contributed by atoms with E-state index in [1.807, 2.05) is 36.1 Å². The molecule has 1 fully saturated rings. The number of amides is 1. The molecule has 0 saturated carbocycles. The number of halogens is 1. The molecule has 140 valence electrons. The molecule has 0 radical (unpaired) electrons. The number of rotatable bonds is 6. The van der Waals surface area contributed by atoms with Crippen LogP contribution in [-0.4, -0.2) is 47.8 Å². The number of hydrogen-bond donors (Lipinski definition) is 0. The van der Waals surface area contributed by atoms with Gasteiger partial charge in [-0.05, 0) is 24.6 Å². The second-order valence-electron chi connectivity index (χ2n) is 6.17. The maximum absolute atomic E-state index is 12.5. The van der Waals surface area contributed by atoms with Crippen molar-refractivity contribution in [3.63, 3.8) is 0 Å². The van der Waals surface area contributed by atoms with E-state index >= 15 is 0 Å². The van der Waals surface area contributed by atoms with Crippen LogP contribution < -0.4 is 0 Å². The number of morpholine rings is 1. The molecule has 2 aromatic rings. The molecule has 1 aromatic heterocycles. The van der Waals surface area contributed by atoms with Crippen LogP contribution >= 0.6 is 11.6 Å². The largest absolute Gasteiger partial charge is 0.374 e. The summed E-state index contributed by atoms with van der Waals surface area (Å²) >= 11 is 5.93. The highest BCUT2D eigenvalue weighted by molar-refractivity contribution is 6.30. The van der Waals surface area contributed by atoms with E-state index in [9.17, 15) is 4.79 Å². The normalized spacial score (nSPS) is 18.7. The SMILES string of the molecule is CO[C@@H](C)c1noc(CCC(=O)N2CCO[C@H](c3ccc(Cl)cc3)C2)n1. The summed E-state index contributed by atoms with van der Waals surface area (Å²) in [5.74, 6) is 0.982. The molecule has 1 aliphatic heterocycles. The Morgan fingerprint density at radius 1 is 1.42 bits per heavy atom. The quantitative estimate of drug-likeness (QED) is 0.767. The number of ether oxygens (including phenoxy) is 2. The lowest BCUT2D eigenvalue weighted by molar-refractivity contribution is -0.139. The summed E-state index contributed by atoms with van der Waals surface area (Å²) in [6, 6.07) is 7.51. The van der Waals surface area contributed by atoms with E-state index < -0.39 is 0 Å². The molecule has 1 saturated heterocycles. The van der Waals surface area contributed by atoms with Crippen molar-refractivity contribution >= 4 is 17.5 Å². The van der Waals surface area contributed by atoms with Crippen molar-refractivity contribution in [3.05, 3.63) is 46.6 Å². The van der Waals surface area contributed by atoms with Crippen LogP contribution in [0.2, 0.25) is 5.02 Å². The lowest BCUT2D eigenvalue weighted by Crippen LogP contribution is -2.42. The summed E-state index contributed by atoms with van der Waals surface area (Å²) in [7, 11) is 1.58. The van der Waals surface area contributed by atoms with E-state index in [1.165, 1.54) is 0 Å². The van der Waals surface area contributed by atoms with Gasteiger partial charge in [0.05, 0.1) is 13.2 Å². The predicted octanol–water partition coefficient (Wildman–Crippen LogP) is 2.96. The standard InChI is InChI=1S/C18H22ClN3O4/c1-12(24-2)18-20-16(26-21-18)7-8-17(23)22-9-10-25-15(11-22)13-3-5-14(19)6-4-13/h3-6,12,15H,7-11H2,1-2H3/t12-,15-/m0/s1. The highest BCUT2D eigenvalue weighted by atomic mass is 35.5. The van der Waals surface area contributed by atoms with Gasteiger partial charge in [0.1, 0.15) is 12.2 Å². The minimum Gasteiger partial charge on any atom is -0.374 e. The molecule has 26 heavy (non-hydrogen) atoms. The number of methoxy groups -OCH3 is 1. The molecule has 1 aliphatic rings. The van der Waals surface area contributed by atoms with Gasteiger partial charge in [-0.1, -0.05) is 28.9 Å². The van der Waals surface area contributed by atoms with Crippen LogP contribution in [-0.2, 0) is 20.7 Å². The fraction of sp³-hybridized carbons (Fsp3) is 0.500. The van der Waals surface area contributed by atoms with Gasteiger partial charge in [0.2, 0.25) is 11.8 Å². The van der Waals surface area contributed by atoms with Gasteiger partial charge in [0.25, 0.3) is 0 Å². The Bertz CT molecular complexity index is 734. The number of aryl methyl sites for hydroxylation is 1. The van der Waals surface area contributed by atoms with Crippen molar-refractivity contribution in [1.29, 1.82) is 0 Å². The zero-order valence-corrected chi connectivity index (χ0v) is 15.6. The van der Waals surface area contributed by atoms with Crippen molar-refractivity contribution in [2.24, 2.45) is 0 Å². The van der Waals surface area contributed by atoms with Gasteiger partial charge in [0.15, 0.2) is 5.82 Å². The minimum absolute atomic E-state index is 0.0480. The third-order valence-corrected chi connectivity index (χ3v) is 4.67. The van der Waals surface area contributed by atoms with E-state index in [-0.39, 0.29) is 18.1 Å². The topological polar surface area (TPSA) is 77.7 Å². The molecule has 1 aromatic carbocycles. The van der Waals surface area contributed by atoms with Gasteiger partial charge in [-0.2, -0.15) is 4.98 Å². The first kappa shape index (κ1) is 18.8. The average Bonchev–Trinajstić information content (AvgIpc) is 3.15. The number of benzene rings is 1. The highest BCUT2D eigenvalue weighted by Gasteiger charge is 2.25. The molecule has 0 unspecified atom stereocenters. The van der Waals surface area contributed by atoms with E-state index in [0.29, 0.717) is 49.3 Å². The Kier molecular flexibility index (Phi) is 6.24. The molecule has 0 N–H and O–H groups in total. The van der Waals surface area contributed by atoms with Gasteiger partial charge in [-0.25, -0.2) is 0 Å². The first-order valence-corrected chi connectivity index (χ1v) is 8.94. The second kappa shape index (κ2) is 8.62. The second-order valence-corrected chi connectivity index (χ2v) is 6.61. The molecule has 1 amide bonds. The Morgan fingerprint density at radius 3 is 2.92 bits per heavy atom. The zero-order valence-electron chi connectivity index (χ0n) is 14.9. The third kappa shape index (κ3) is 4.60. The fourth-order valence-electron chi connectivity index (χ4n) is 2.77. The number of carbonyl (C=O) groups is 1. The molecule has 7 nitrogen and oxygen atoms in total. The number of aromatic nitrogens is 2. The average molecular weight is 380 g/mol. The molecule has 0 bridgehead atoms. The van der Waals surface area contributed by atoms with Crippen molar-refractivity contribution in [2.75, 3.05) is 26.8 Å². The lowest BCUT2D eigenvalue weighted by atomic mass is 10.1. The van der Waals surface area contributed by atoms with Crippen LogP contribution in [0.25, 0.3) is 0 Å². The molecule has 0 aliphatic carbocycles. The predicted molar refractivity (Wildman–Crippen MR) is 94.8 cm³/mol. The van der Waals surface area contributed by atoms with E-state index in [1.54, 1.807) is 7.11 Å². The molecule has 2 heterocycles. The van der Waals surface area contributed by atoms with Crippen molar-refractivity contribution in [3.8, 4) is 0 Å².